The van der Waals surface area contributed by atoms with Gasteiger partial charge in [-0.15, -0.1) is 11.3 Å². The van der Waals surface area contributed by atoms with Crippen LogP contribution in [0, 0.1) is 13.8 Å². The number of carboxylic acids is 1. The summed E-state index contributed by atoms with van der Waals surface area (Å²) >= 11 is 1.53. The molecule has 1 saturated heterocycles. The molecule has 0 aromatic carbocycles. The van der Waals surface area contributed by atoms with E-state index in [4.69, 9.17) is 5.11 Å². The number of aliphatic carboxylic acids is 1. The summed E-state index contributed by atoms with van der Waals surface area (Å²) in [6.45, 7) is 4.42. The molecule has 1 aliphatic heterocycles. The third-order valence-corrected chi connectivity index (χ3v) is 4.33. The van der Waals surface area contributed by atoms with Crippen molar-refractivity contribution in [3.63, 3.8) is 0 Å². The number of carbonyl (C=O) groups is 2. The molecule has 92 valence electrons. The Labute approximate surface area is 104 Å². The van der Waals surface area contributed by atoms with E-state index < -0.39 is 12.0 Å². The third-order valence-electron chi connectivity index (χ3n) is 3.31. The molecule has 1 aromatic heterocycles. The molecule has 4 nitrogen and oxygen atoms in total. The van der Waals surface area contributed by atoms with E-state index in [0.717, 1.165) is 16.9 Å². The smallest absolute Gasteiger partial charge is 0.326 e. The molecule has 1 aliphatic rings. The zero-order chi connectivity index (χ0) is 12.6. The van der Waals surface area contributed by atoms with Crippen LogP contribution < -0.4 is 0 Å². The number of rotatable bonds is 2. The van der Waals surface area contributed by atoms with Gasteiger partial charge in [-0.1, -0.05) is 0 Å². The highest BCUT2D eigenvalue weighted by Crippen LogP contribution is 2.26. The fraction of sp³-hybridized carbons (Fsp3) is 0.500. The van der Waals surface area contributed by atoms with Crippen molar-refractivity contribution in [1.29, 1.82) is 0 Å². The van der Waals surface area contributed by atoms with Gasteiger partial charge >= 0.3 is 5.97 Å². The van der Waals surface area contributed by atoms with Gasteiger partial charge in [-0.3, -0.25) is 4.79 Å². The Balaban J connectivity index is 2.26. The van der Waals surface area contributed by atoms with Crippen molar-refractivity contribution in [2.45, 2.75) is 32.7 Å². The number of hydrogen-bond acceptors (Lipinski definition) is 3. The van der Waals surface area contributed by atoms with Crippen LogP contribution in [0.15, 0.2) is 5.38 Å². The van der Waals surface area contributed by atoms with E-state index in [2.05, 4.69) is 0 Å². The second kappa shape index (κ2) is 4.49. The fourth-order valence-electron chi connectivity index (χ4n) is 2.15. The Morgan fingerprint density at radius 2 is 2.18 bits per heavy atom. The van der Waals surface area contributed by atoms with Crippen LogP contribution in [0.1, 0.15) is 33.6 Å². The number of carbonyl (C=O) groups excluding carboxylic acids is 1. The standard InChI is InChI=1S/C12H15NO3S/c1-7-8(2)17-6-9(7)11(14)13-5-3-4-10(13)12(15)16/h6,10H,3-5H2,1-2H3,(H,15,16)/t10-/m1/s1. The molecular formula is C12H15NO3S. The van der Waals surface area contributed by atoms with Gasteiger partial charge in [0, 0.05) is 16.8 Å². The SMILES string of the molecule is Cc1scc(C(=O)N2CCC[C@@H]2C(=O)O)c1C. The second-order valence-electron chi connectivity index (χ2n) is 4.33. The summed E-state index contributed by atoms with van der Waals surface area (Å²) in [6.07, 6.45) is 1.33. The first-order valence-corrected chi connectivity index (χ1v) is 6.48. The van der Waals surface area contributed by atoms with Gasteiger partial charge in [-0.05, 0) is 32.3 Å². The number of nitrogens with zero attached hydrogens (tertiary/aromatic N) is 1. The third kappa shape index (κ3) is 2.07. The molecule has 1 fully saturated rings. The molecule has 0 saturated carbocycles. The molecule has 0 spiro atoms. The maximum Gasteiger partial charge on any atom is 0.326 e. The van der Waals surface area contributed by atoms with E-state index in [1.54, 1.807) is 0 Å². The minimum absolute atomic E-state index is 0.142. The molecule has 0 aliphatic carbocycles. The van der Waals surface area contributed by atoms with Crippen LogP contribution in [0.25, 0.3) is 0 Å². The van der Waals surface area contributed by atoms with Crippen molar-refractivity contribution >= 4 is 23.2 Å². The van der Waals surface area contributed by atoms with Gasteiger partial charge in [-0.25, -0.2) is 4.79 Å². The van der Waals surface area contributed by atoms with E-state index >= 15 is 0 Å². The lowest BCUT2D eigenvalue weighted by atomic mass is 10.1. The van der Waals surface area contributed by atoms with Gasteiger partial charge in [0.15, 0.2) is 0 Å². The molecule has 0 unspecified atom stereocenters. The first-order chi connectivity index (χ1) is 8.02. The number of amides is 1. The summed E-state index contributed by atoms with van der Waals surface area (Å²) in [5, 5.41) is 10.9. The van der Waals surface area contributed by atoms with E-state index in [1.165, 1.54) is 16.2 Å². The van der Waals surface area contributed by atoms with Crippen LogP contribution in [-0.2, 0) is 4.79 Å². The largest absolute Gasteiger partial charge is 0.480 e. The lowest BCUT2D eigenvalue weighted by Crippen LogP contribution is -2.40. The normalized spacial score (nSPS) is 19.6. The van der Waals surface area contributed by atoms with E-state index in [1.807, 2.05) is 19.2 Å². The maximum absolute atomic E-state index is 12.3. The number of hydrogen-bond donors (Lipinski definition) is 1. The van der Waals surface area contributed by atoms with Gasteiger partial charge in [-0.2, -0.15) is 0 Å². The zero-order valence-electron chi connectivity index (χ0n) is 9.90. The topological polar surface area (TPSA) is 57.6 Å². The molecular weight excluding hydrogens is 238 g/mol. The number of carboxylic acid groups (broad SMARTS) is 1. The Kier molecular flexibility index (Phi) is 3.19. The molecule has 2 rings (SSSR count). The van der Waals surface area contributed by atoms with Crippen LogP contribution in [0.5, 0.6) is 0 Å². The zero-order valence-corrected chi connectivity index (χ0v) is 10.7. The van der Waals surface area contributed by atoms with Crippen molar-refractivity contribution in [2.75, 3.05) is 6.54 Å². The van der Waals surface area contributed by atoms with Crippen molar-refractivity contribution in [2.24, 2.45) is 0 Å². The minimum atomic E-state index is -0.902. The van der Waals surface area contributed by atoms with Gasteiger partial charge < -0.3 is 10.0 Å². The van der Waals surface area contributed by atoms with Crippen molar-refractivity contribution < 1.29 is 14.7 Å². The van der Waals surface area contributed by atoms with Crippen LogP contribution in [0.3, 0.4) is 0 Å². The van der Waals surface area contributed by atoms with Crippen LogP contribution in [0.2, 0.25) is 0 Å². The molecule has 1 atom stereocenters. The Hall–Kier alpha value is -1.36. The predicted octanol–water partition coefficient (Wildman–Crippen LogP) is 2.05. The highest BCUT2D eigenvalue weighted by Gasteiger charge is 2.35. The summed E-state index contributed by atoms with van der Waals surface area (Å²) in [5.74, 6) is -1.04. The van der Waals surface area contributed by atoms with Crippen LogP contribution >= 0.6 is 11.3 Å². The highest BCUT2D eigenvalue weighted by atomic mass is 32.1. The monoisotopic (exact) mass is 253 g/mol. The van der Waals surface area contributed by atoms with Crippen LogP contribution in [-0.4, -0.2) is 34.5 Å². The number of thiophene rings is 1. The molecule has 5 heteroatoms. The fourth-order valence-corrected chi connectivity index (χ4v) is 3.00. The van der Waals surface area contributed by atoms with E-state index in [0.29, 0.717) is 18.5 Å². The Bertz CT molecular complexity index is 466. The van der Waals surface area contributed by atoms with Crippen molar-refractivity contribution in [1.82, 2.24) is 4.90 Å². The quantitative estimate of drug-likeness (QED) is 0.877. The average molecular weight is 253 g/mol. The average Bonchev–Trinajstić information content (AvgIpc) is 2.87. The summed E-state index contributed by atoms with van der Waals surface area (Å²) in [7, 11) is 0. The van der Waals surface area contributed by atoms with Crippen molar-refractivity contribution in [3.8, 4) is 0 Å². The lowest BCUT2D eigenvalue weighted by molar-refractivity contribution is -0.141. The second-order valence-corrected chi connectivity index (χ2v) is 5.41. The van der Waals surface area contributed by atoms with E-state index in [9.17, 15) is 9.59 Å². The Morgan fingerprint density at radius 3 is 2.71 bits per heavy atom. The Morgan fingerprint density at radius 1 is 1.47 bits per heavy atom. The van der Waals surface area contributed by atoms with Gasteiger partial charge in [0.1, 0.15) is 6.04 Å². The minimum Gasteiger partial charge on any atom is -0.480 e. The molecule has 1 N–H and O–H groups in total. The first-order valence-electron chi connectivity index (χ1n) is 5.61. The van der Waals surface area contributed by atoms with Gasteiger partial charge in [0.05, 0.1) is 5.56 Å². The first kappa shape index (κ1) is 12.1. The summed E-state index contributed by atoms with van der Waals surface area (Å²) in [5.41, 5.74) is 1.62. The molecule has 2 heterocycles. The van der Waals surface area contributed by atoms with Crippen LogP contribution in [0.4, 0.5) is 0 Å². The molecule has 1 amide bonds. The molecule has 0 radical (unpaired) electrons. The number of likely N-dealkylation sites (tertiary alicyclic amines) is 1. The molecule has 0 bridgehead atoms. The number of aryl methyl sites for hydroxylation is 1. The summed E-state index contributed by atoms with van der Waals surface area (Å²) in [4.78, 5) is 25.9. The highest BCUT2D eigenvalue weighted by molar-refractivity contribution is 7.10. The maximum atomic E-state index is 12.3. The summed E-state index contributed by atoms with van der Waals surface area (Å²) < 4.78 is 0. The van der Waals surface area contributed by atoms with Gasteiger partial charge in [0.25, 0.3) is 5.91 Å². The summed E-state index contributed by atoms with van der Waals surface area (Å²) in [6, 6.07) is -0.651. The lowest BCUT2D eigenvalue weighted by Gasteiger charge is -2.21. The van der Waals surface area contributed by atoms with E-state index in [-0.39, 0.29) is 5.91 Å². The van der Waals surface area contributed by atoms with Gasteiger partial charge in [0.2, 0.25) is 0 Å². The molecule has 17 heavy (non-hydrogen) atoms. The van der Waals surface area contributed by atoms with Crippen molar-refractivity contribution in [3.05, 3.63) is 21.4 Å². The predicted molar refractivity (Wildman–Crippen MR) is 65.5 cm³/mol. The molecule has 1 aromatic rings.